The molecule has 0 N–H and O–H groups in total. The fourth-order valence-electron chi connectivity index (χ4n) is 5.43. The third-order valence-electron chi connectivity index (χ3n) is 8.82. The van der Waals surface area contributed by atoms with Crippen LogP contribution in [0.15, 0.2) is 25.3 Å². The lowest BCUT2D eigenvalue weighted by atomic mass is 10.2. The highest BCUT2D eigenvalue weighted by Gasteiger charge is 2.00. The first-order valence-electron chi connectivity index (χ1n) is 22.4. The number of hydrogen-bond acceptors (Lipinski definition) is 12. The Morgan fingerprint density at radius 1 is 0.246 bits per heavy atom. The molecule has 0 saturated carbocycles. The van der Waals surface area contributed by atoms with Crippen molar-refractivity contribution in [3.05, 3.63) is 25.3 Å². The van der Waals surface area contributed by atoms with Crippen molar-refractivity contribution in [1.29, 1.82) is 0 Å². The first kappa shape index (κ1) is 55.1. The maximum atomic E-state index is 10.9. The molecule has 0 aromatic carbocycles. The Morgan fingerprint density at radius 3 is 0.561 bits per heavy atom. The molecule has 0 amide bonds. The Morgan fingerprint density at radius 2 is 0.404 bits per heavy atom. The first-order chi connectivity index (χ1) is 28.2. The van der Waals surface area contributed by atoms with Crippen molar-refractivity contribution in [2.45, 2.75) is 135 Å². The highest BCUT2D eigenvalue weighted by Crippen LogP contribution is 2.05. The summed E-state index contributed by atoms with van der Waals surface area (Å²) < 4.78 is 55.1. The van der Waals surface area contributed by atoms with Crippen LogP contribution in [0.25, 0.3) is 0 Å². The standard InChI is InChI=1S/C45H84O12/c1-3-44(46)56-42-40-54-38-24-10-22-36-52-34-20-8-18-32-50-30-16-6-14-28-48-26-12-5-13-27-49-29-15-7-17-31-51-33-19-9-21-35-53-37-23-11-25-39-55-41-43-57-45(47)4-2/h3-4H,1-2,5-43H2. The summed E-state index contributed by atoms with van der Waals surface area (Å²) >= 11 is 0. The normalized spacial score (nSPS) is 11.2. The van der Waals surface area contributed by atoms with Crippen LogP contribution >= 0.6 is 0 Å². The van der Waals surface area contributed by atoms with Crippen molar-refractivity contribution in [2.75, 3.05) is 119 Å². The van der Waals surface area contributed by atoms with Crippen molar-refractivity contribution in [3.8, 4) is 0 Å². The van der Waals surface area contributed by atoms with Gasteiger partial charge in [-0.3, -0.25) is 0 Å². The van der Waals surface area contributed by atoms with Gasteiger partial charge in [-0.1, -0.05) is 13.2 Å². The average molecular weight is 817 g/mol. The SMILES string of the molecule is C=CC(=O)OCCOCCCCCOCCCCCOCCCCCOCCCCCOCCCCCOCCCCCOCCCCCOCCOC(=O)C=C. The van der Waals surface area contributed by atoms with Crippen LogP contribution in [0.2, 0.25) is 0 Å². The van der Waals surface area contributed by atoms with Gasteiger partial charge in [0.2, 0.25) is 0 Å². The molecular weight excluding hydrogens is 732 g/mol. The van der Waals surface area contributed by atoms with Gasteiger partial charge in [-0.05, 0) is 135 Å². The maximum absolute atomic E-state index is 10.9. The molecule has 12 nitrogen and oxygen atoms in total. The van der Waals surface area contributed by atoms with Crippen LogP contribution in [-0.2, 0) is 57.0 Å². The van der Waals surface area contributed by atoms with Crippen LogP contribution in [-0.4, -0.2) is 131 Å². The Labute approximate surface area is 347 Å². The summed E-state index contributed by atoms with van der Waals surface area (Å²) in [5, 5.41) is 0. The third kappa shape index (κ3) is 50.2. The summed E-state index contributed by atoms with van der Waals surface area (Å²) in [5.74, 6) is -0.821. The fourth-order valence-corrected chi connectivity index (χ4v) is 5.43. The Hall–Kier alpha value is -1.90. The fraction of sp³-hybridized carbons (Fsp3) is 0.867. The van der Waals surface area contributed by atoms with Gasteiger partial charge < -0.3 is 47.4 Å². The number of carbonyl (C=O) groups is 2. The van der Waals surface area contributed by atoms with E-state index in [1.807, 2.05) is 0 Å². The van der Waals surface area contributed by atoms with Crippen LogP contribution in [0.4, 0.5) is 0 Å². The molecule has 0 unspecified atom stereocenters. The van der Waals surface area contributed by atoms with E-state index in [9.17, 15) is 9.59 Å². The Balaban J connectivity index is 3.08. The number of esters is 2. The molecule has 0 rings (SSSR count). The summed E-state index contributed by atoms with van der Waals surface area (Å²) in [6, 6.07) is 0. The topological polar surface area (TPSA) is 126 Å². The van der Waals surface area contributed by atoms with E-state index in [1.54, 1.807) is 0 Å². The molecule has 336 valence electrons. The third-order valence-corrected chi connectivity index (χ3v) is 8.82. The number of hydrogen-bond donors (Lipinski definition) is 0. The van der Waals surface area contributed by atoms with E-state index in [-0.39, 0.29) is 13.2 Å². The van der Waals surface area contributed by atoms with Crippen molar-refractivity contribution < 1.29 is 57.0 Å². The summed E-state index contributed by atoms with van der Waals surface area (Å²) in [4.78, 5) is 21.8. The van der Waals surface area contributed by atoms with Gasteiger partial charge in [0, 0.05) is 105 Å². The monoisotopic (exact) mass is 817 g/mol. The van der Waals surface area contributed by atoms with Crippen LogP contribution in [0.5, 0.6) is 0 Å². The Bertz CT molecular complexity index is 777. The second-order valence-electron chi connectivity index (χ2n) is 14.1. The molecule has 0 radical (unpaired) electrons. The number of unbranched alkanes of at least 4 members (excludes halogenated alkanes) is 14. The molecule has 0 saturated heterocycles. The number of rotatable bonds is 50. The molecule has 12 heteroatoms. The van der Waals surface area contributed by atoms with Crippen molar-refractivity contribution >= 4 is 11.9 Å². The summed E-state index contributed by atoms with van der Waals surface area (Å²) in [5.41, 5.74) is 0. The highest BCUT2D eigenvalue weighted by molar-refractivity contribution is 5.81. The van der Waals surface area contributed by atoms with Crippen molar-refractivity contribution in [2.24, 2.45) is 0 Å². The van der Waals surface area contributed by atoms with Crippen LogP contribution < -0.4 is 0 Å². The van der Waals surface area contributed by atoms with Gasteiger partial charge in [0.1, 0.15) is 13.2 Å². The minimum atomic E-state index is -0.411. The molecule has 0 aliphatic heterocycles. The molecular formula is C45H84O12. The van der Waals surface area contributed by atoms with E-state index in [2.05, 4.69) is 13.2 Å². The summed E-state index contributed by atoms with van der Waals surface area (Å²) in [6.45, 7) is 19.5. The molecule has 0 bridgehead atoms. The van der Waals surface area contributed by atoms with Gasteiger partial charge in [0.25, 0.3) is 0 Å². The van der Waals surface area contributed by atoms with E-state index < -0.39 is 11.9 Å². The van der Waals surface area contributed by atoms with Crippen molar-refractivity contribution in [3.63, 3.8) is 0 Å². The van der Waals surface area contributed by atoms with Crippen LogP contribution in [0, 0.1) is 0 Å². The molecule has 0 atom stereocenters. The summed E-state index contributed by atoms with van der Waals surface area (Å²) in [7, 11) is 0. The van der Waals surface area contributed by atoms with Gasteiger partial charge in [0.05, 0.1) is 13.2 Å². The average Bonchev–Trinajstić information content (AvgIpc) is 3.22. The largest absolute Gasteiger partial charge is 0.460 e. The minimum Gasteiger partial charge on any atom is -0.460 e. The molecule has 0 fully saturated rings. The Kier molecular flexibility index (Phi) is 48.6. The second kappa shape index (κ2) is 50.2. The molecule has 0 aliphatic rings. The van der Waals surface area contributed by atoms with Crippen LogP contribution in [0.1, 0.15) is 135 Å². The van der Waals surface area contributed by atoms with E-state index >= 15 is 0 Å². The predicted molar refractivity (Wildman–Crippen MR) is 226 cm³/mol. The first-order valence-corrected chi connectivity index (χ1v) is 22.4. The number of carbonyl (C=O) groups excluding carboxylic acids is 2. The van der Waals surface area contributed by atoms with Gasteiger partial charge in [-0.2, -0.15) is 0 Å². The van der Waals surface area contributed by atoms with Crippen LogP contribution in [0.3, 0.4) is 0 Å². The summed E-state index contributed by atoms with van der Waals surface area (Å²) in [6.07, 6.45) is 25.3. The zero-order chi connectivity index (χ0) is 41.2. The van der Waals surface area contributed by atoms with Crippen molar-refractivity contribution in [1.82, 2.24) is 0 Å². The molecule has 0 aromatic rings. The van der Waals surface area contributed by atoms with Gasteiger partial charge >= 0.3 is 11.9 Å². The number of ether oxygens (including phenoxy) is 10. The quantitative estimate of drug-likeness (QED) is 0.0331. The lowest BCUT2D eigenvalue weighted by Gasteiger charge is -2.07. The zero-order valence-corrected chi connectivity index (χ0v) is 36.0. The maximum Gasteiger partial charge on any atom is 0.330 e. The smallest absolute Gasteiger partial charge is 0.330 e. The van der Waals surface area contributed by atoms with Gasteiger partial charge in [-0.15, -0.1) is 0 Å². The second-order valence-corrected chi connectivity index (χ2v) is 14.1. The molecule has 57 heavy (non-hydrogen) atoms. The van der Waals surface area contributed by atoms with Gasteiger partial charge in [0.15, 0.2) is 0 Å². The lowest BCUT2D eigenvalue weighted by Crippen LogP contribution is -2.09. The predicted octanol–water partition coefficient (Wildman–Crippen LogP) is 8.77. The van der Waals surface area contributed by atoms with Gasteiger partial charge in [-0.25, -0.2) is 9.59 Å². The minimum absolute atomic E-state index is 0.275. The zero-order valence-electron chi connectivity index (χ0n) is 36.0. The van der Waals surface area contributed by atoms with E-state index in [0.29, 0.717) is 26.4 Å². The molecule has 0 aliphatic carbocycles. The lowest BCUT2D eigenvalue weighted by molar-refractivity contribution is -0.140. The van der Waals surface area contributed by atoms with E-state index in [1.165, 1.54) is 0 Å². The van der Waals surface area contributed by atoms with E-state index in [0.717, 1.165) is 226 Å². The molecule has 0 heterocycles. The molecule has 0 spiro atoms. The molecule has 0 aromatic heterocycles. The van der Waals surface area contributed by atoms with E-state index in [4.69, 9.17) is 47.4 Å². The highest BCUT2D eigenvalue weighted by atomic mass is 16.6.